The van der Waals surface area contributed by atoms with Gasteiger partial charge in [-0.3, -0.25) is 4.79 Å². The maximum atomic E-state index is 12.2. The molecule has 0 aliphatic rings. The second-order valence-electron chi connectivity index (χ2n) is 3.95. The molecule has 0 radical (unpaired) electrons. The Morgan fingerprint density at radius 2 is 2.24 bits per heavy atom. The Labute approximate surface area is 122 Å². The van der Waals surface area contributed by atoms with E-state index in [4.69, 9.17) is 5.11 Å². The summed E-state index contributed by atoms with van der Waals surface area (Å²) in [5.41, 5.74) is 0.547. The fourth-order valence-corrected chi connectivity index (χ4v) is 2.26. The number of carboxylic acid groups (broad SMARTS) is 1. The first-order valence-electron chi connectivity index (χ1n) is 5.76. The van der Waals surface area contributed by atoms with Crippen molar-refractivity contribution in [3.05, 3.63) is 24.3 Å². The third-order valence-electron chi connectivity index (χ3n) is 2.48. The highest BCUT2D eigenvalue weighted by atomic mass is 32.2. The number of rotatable bonds is 6. The van der Waals surface area contributed by atoms with Crippen molar-refractivity contribution in [3.63, 3.8) is 0 Å². The number of hydrogen-bond acceptors (Lipinski definition) is 5. The quantitative estimate of drug-likeness (QED) is 0.824. The van der Waals surface area contributed by atoms with Crippen molar-refractivity contribution in [2.75, 3.05) is 5.75 Å². The van der Waals surface area contributed by atoms with Crippen LogP contribution in [0.15, 0.2) is 29.4 Å². The Bertz CT molecular complexity index is 648. The SMILES string of the molecule is Cn1c(SCC(=O)O)nnc1-c1cccc(OC(F)F)c1. The third-order valence-corrected chi connectivity index (χ3v) is 3.48. The molecule has 0 saturated heterocycles. The Morgan fingerprint density at radius 3 is 2.90 bits per heavy atom. The maximum Gasteiger partial charge on any atom is 0.387 e. The van der Waals surface area contributed by atoms with E-state index in [2.05, 4.69) is 14.9 Å². The normalized spacial score (nSPS) is 10.9. The average molecular weight is 315 g/mol. The first-order valence-corrected chi connectivity index (χ1v) is 6.75. The van der Waals surface area contributed by atoms with Crippen LogP contribution < -0.4 is 4.74 Å². The molecule has 1 aromatic heterocycles. The fraction of sp³-hybridized carbons (Fsp3) is 0.250. The lowest BCUT2D eigenvalue weighted by Crippen LogP contribution is -2.02. The highest BCUT2D eigenvalue weighted by molar-refractivity contribution is 7.99. The topological polar surface area (TPSA) is 77.2 Å². The van der Waals surface area contributed by atoms with Gasteiger partial charge in [-0.25, -0.2) is 0 Å². The Kier molecular flexibility index (Phi) is 4.73. The summed E-state index contributed by atoms with van der Waals surface area (Å²) in [6.07, 6.45) is 0. The Balaban J connectivity index is 2.24. The minimum atomic E-state index is -2.90. The van der Waals surface area contributed by atoms with Gasteiger partial charge in [0.25, 0.3) is 0 Å². The fourth-order valence-electron chi connectivity index (χ4n) is 1.63. The molecule has 2 rings (SSSR count). The monoisotopic (exact) mass is 315 g/mol. The summed E-state index contributed by atoms with van der Waals surface area (Å²) in [5.74, 6) is -0.648. The van der Waals surface area contributed by atoms with Gasteiger partial charge in [0.15, 0.2) is 11.0 Å². The van der Waals surface area contributed by atoms with Crippen molar-refractivity contribution in [3.8, 4) is 17.1 Å². The highest BCUT2D eigenvalue weighted by Gasteiger charge is 2.13. The van der Waals surface area contributed by atoms with Gasteiger partial charge >= 0.3 is 12.6 Å². The molecule has 0 unspecified atom stereocenters. The number of alkyl halides is 2. The van der Waals surface area contributed by atoms with Crippen molar-refractivity contribution < 1.29 is 23.4 Å². The summed E-state index contributed by atoms with van der Waals surface area (Å²) in [5, 5.41) is 16.9. The molecule has 0 aliphatic carbocycles. The van der Waals surface area contributed by atoms with E-state index in [9.17, 15) is 13.6 Å². The molecule has 112 valence electrons. The van der Waals surface area contributed by atoms with Gasteiger partial charge in [-0.1, -0.05) is 23.9 Å². The smallest absolute Gasteiger partial charge is 0.387 e. The summed E-state index contributed by atoms with van der Waals surface area (Å²) in [6.45, 7) is -2.90. The van der Waals surface area contributed by atoms with Gasteiger partial charge in [-0.05, 0) is 12.1 Å². The maximum absolute atomic E-state index is 12.2. The summed E-state index contributed by atoms with van der Waals surface area (Å²) < 4.78 is 30.3. The lowest BCUT2D eigenvalue weighted by Gasteiger charge is -2.07. The number of carboxylic acids is 1. The molecule has 9 heteroatoms. The molecule has 0 spiro atoms. The molecule has 6 nitrogen and oxygen atoms in total. The number of carbonyl (C=O) groups is 1. The second kappa shape index (κ2) is 6.53. The van der Waals surface area contributed by atoms with Gasteiger partial charge in [0.2, 0.25) is 0 Å². The third kappa shape index (κ3) is 3.91. The second-order valence-corrected chi connectivity index (χ2v) is 4.90. The number of ether oxygens (including phenoxy) is 1. The Hall–Kier alpha value is -2.16. The van der Waals surface area contributed by atoms with E-state index in [0.717, 1.165) is 11.8 Å². The van der Waals surface area contributed by atoms with E-state index >= 15 is 0 Å². The van der Waals surface area contributed by atoms with Crippen LogP contribution >= 0.6 is 11.8 Å². The van der Waals surface area contributed by atoms with E-state index in [1.807, 2.05) is 0 Å². The van der Waals surface area contributed by atoms with E-state index in [1.165, 1.54) is 12.1 Å². The zero-order valence-electron chi connectivity index (χ0n) is 10.9. The van der Waals surface area contributed by atoms with E-state index < -0.39 is 12.6 Å². The van der Waals surface area contributed by atoms with Crippen LogP contribution in [0.3, 0.4) is 0 Å². The lowest BCUT2D eigenvalue weighted by atomic mass is 10.2. The molecular formula is C12H11F2N3O3S. The zero-order chi connectivity index (χ0) is 15.4. The zero-order valence-corrected chi connectivity index (χ0v) is 11.7. The number of benzene rings is 1. The molecule has 2 aromatic rings. The molecule has 0 aliphatic heterocycles. The summed E-state index contributed by atoms with van der Waals surface area (Å²) in [7, 11) is 1.67. The molecular weight excluding hydrogens is 304 g/mol. The van der Waals surface area contributed by atoms with Crippen molar-refractivity contribution in [2.45, 2.75) is 11.8 Å². The predicted molar refractivity (Wildman–Crippen MR) is 71.4 cm³/mol. The molecule has 1 aromatic carbocycles. The molecule has 1 N–H and O–H groups in total. The number of nitrogens with zero attached hydrogens (tertiary/aromatic N) is 3. The Morgan fingerprint density at radius 1 is 1.48 bits per heavy atom. The molecule has 1 heterocycles. The summed E-state index contributed by atoms with van der Waals surface area (Å²) in [6, 6.07) is 6.06. The van der Waals surface area contributed by atoms with Gasteiger partial charge in [0, 0.05) is 12.6 Å². The molecule has 0 bridgehead atoms. The number of thioether (sulfide) groups is 1. The van der Waals surface area contributed by atoms with Crippen molar-refractivity contribution in [2.24, 2.45) is 7.05 Å². The van der Waals surface area contributed by atoms with Crippen molar-refractivity contribution in [1.29, 1.82) is 0 Å². The van der Waals surface area contributed by atoms with Crippen LogP contribution in [0.4, 0.5) is 8.78 Å². The van der Waals surface area contributed by atoms with E-state index in [0.29, 0.717) is 16.5 Å². The van der Waals surface area contributed by atoms with Crippen molar-refractivity contribution in [1.82, 2.24) is 14.8 Å². The van der Waals surface area contributed by atoms with Gasteiger partial charge < -0.3 is 14.4 Å². The van der Waals surface area contributed by atoms with Crippen LogP contribution in [0, 0.1) is 0 Å². The average Bonchev–Trinajstić information content (AvgIpc) is 2.77. The van der Waals surface area contributed by atoms with Gasteiger partial charge in [-0.2, -0.15) is 8.78 Å². The van der Waals surface area contributed by atoms with Crippen LogP contribution in [0.5, 0.6) is 5.75 Å². The first kappa shape index (κ1) is 15.2. The standard InChI is InChI=1S/C12H11F2N3O3S/c1-17-10(15-16-12(17)21-6-9(18)19)7-3-2-4-8(5-7)20-11(13)14/h2-5,11H,6H2,1H3,(H,18,19). The molecule has 0 atom stereocenters. The molecule has 0 fully saturated rings. The van der Waals surface area contributed by atoms with Gasteiger partial charge in [-0.15, -0.1) is 10.2 Å². The minimum Gasteiger partial charge on any atom is -0.481 e. The van der Waals surface area contributed by atoms with Gasteiger partial charge in [0.05, 0.1) is 5.75 Å². The molecule has 0 amide bonds. The highest BCUT2D eigenvalue weighted by Crippen LogP contribution is 2.26. The minimum absolute atomic E-state index is 0.0187. The molecule has 21 heavy (non-hydrogen) atoms. The number of halogens is 2. The number of aromatic nitrogens is 3. The number of aliphatic carboxylic acids is 1. The van der Waals surface area contributed by atoms with Crippen LogP contribution in [-0.2, 0) is 11.8 Å². The first-order chi connectivity index (χ1) is 9.97. The van der Waals surface area contributed by atoms with E-state index in [-0.39, 0.29) is 11.5 Å². The van der Waals surface area contributed by atoms with E-state index in [1.54, 1.807) is 23.7 Å². The summed E-state index contributed by atoms with van der Waals surface area (Å²) >= 11 is 1.02. The van der Waals surface area contributed by atoms with Crippen LogP contribution in [-0.4, -0.2) is 38.2 Å². The molecule has 0 saturated carbocycles. The lowest BCUT2D eigenvalue weighted by molar-refractivity contribution is -0.133. The number of hydrogen-bond donors (Lipinski definition) is 1. The van der Waals surface area contributed by atoms with Crippen LogP contribution in [0.25, 0.3) is 11.4 Å². The predicted octanol–water partition coefficient (Wildman–Crippen LogP) is 2.26. The summed E-state index contributed by atoms with van der Waals surface area (Å²) in [4.78, 5) is 10.5. The largest absolute Gasteiger partial charge is 0.481 e. The van der Waals surface area contributed by atoms with Crippen molar-refractivity contribution >= 4 is 17.7 Å². The van der Waals surface area contributed by atoms with Crippen LogP contribution in [0.2, 0.25) is 0 Å². The van der Waals surface area contributed by atoms with Gasteiger partial charge in [0.1, 0.15) is 5.75 Å². The van der Waals surface area contributed by atoms with Crippen LogP contribution in [0.1, 0.15) is 0 Å².